The second-order valence-electron chi connectivity index (χ2n) is 9.47. The van der Waals surface area contributed by atoms with E-state index in [1.807, 2.05) is 29.2 Å². The first-order valence-electron chi connectivity index (χ1n) is 13.6. The first kappa shape index (κ1) is 31.4. The number of benzene rings is 1. The summed E-state index contributed by atoms with van der Waals surface area (Å²) in [6, 6.07) is 12.3. The van der Waals surface area contributed by atoms with Gasteiger partial charge in [-0.05, 0) is 37.1 Å². The Morgan fingerprint density at radius 2 is 1.54 bits per heavy atom. The Balaban J connectivity index is 0.00000612. The van der Waals surface area contributed by atoms with Gasteiger partial charge in [-0.15, -0.1) is 0 Å². The maximum Gasteiger partial charge on any atom is 0.224 e. The number of unbranched alkanes of at least 4 members (excludes halogenated alkanes) is 9. The zero-order valence-electron chi connectivity index (χ0n) is 22.5. The molecular weight excluding hydrogens is 547 g/mol. The summed E-state index contributed by atoms with van der Waals surface area (Å²) in [5, 5.41) is 0. The number of hydrogen-bond acceptors (Lipinski definition) is 2. The fraction of sp³-hybridized carbons (Fsp3) is 0.600. The summed E-state index contributed by atoms with van der Waals surface area (Å²) >= 11 is 0. The highest BCUT2D eigenvalue weighted by molar-refractivity contribution is 5.92. The van der Waals surface area contributed by atoms with E-state index in [1.54, 1.807) is 6.92 Å². The highest BCUT2D eigenvalue weighted by Gasteiger charge is 2.20. The van der Waals surface area contributed by atoms with Gasteiger partial charge >= 0.3 is 0 Å². The Morgan fingerprint density at radius 3 is 2.14 bits per heavy atom. The molecule has 1 heterocycles. The predicted molar refractivity (Wildman–Crippen MR) is 142 cm³/mol. The van der Waals surface area contributed by atoms with Gasteiger partial charge in [0.25, 0.3) is 0 Å². The molecule has 35 heavy (non-hydrogen) atoms. The van der Waals surface area contributed by atoms with Crippen molar-refractivity contribution in [2.75, 3.05) is 11.5 Å². The number of carbonyl (C=O) groups excluding carboxylic acids is 1. The van der Waals surface area contributed by atoms with Crippen molar-refractivity contribution in [1.82, 2.24) is 0 Å². The number of aryl methyl sites for hydroxylation is 2. The van der Waals surface area contributed by atoms with Crippen molar-refractivity contribution in [2.45, 2.75) is 111 Å². The quantitative estimate of drug-likeness (QED) is 0.153. The summed E-state index contributed by atoms with van der Waals surface area (Å²) in [4.78, 5) is 14.4. The SMILES string of the molecule is CCCCCCCCCCCCOc1ccc(N(Cc2cccc[n+]2CCC)C(C)=O)c(C)c1.[I-]. The number of nitrogens with zero attached hydrogens (tertiary/aromatic N) is 2. The van der Waals surface area contributed by atoms with Gasteiger partial charge in [-0.2, -0.15) is 0 Å². The molecule has 196 valence electrons. The molecule has 0 aliphatic heterocycles. The second-order valence-corrected chi connectivity index (χ2v) is 9.47. The van der Waals surface area contributed by atoms with Gasteiger partial charge in [0.2, 0.25) is 11.6 Å². The van der Waals surface area contributed by atoms with E-state index in [-0.39, 0.29) is 29.9 Å². The zero-order chi connectivity index (χ0) is 24.6. The van der Waals surface area contributed by atoms with Crippen molar-refractivity contribution < 1.29 is 38.1 Å². The van der Waals surface area contributed by atoms with Gasteiger partial charge in [-0.3, -0.25) is 4.79 Å². The lowest BCUT2D eigenvalue weighted by Crippen LogP contribution is -3.00. The number of rotatable bonds is 17. The Hall–Kier alpha value is -1.63. The first-order valence-corrected chi connectivity index (χ1v) is 13.6. The van der Waals surface area contributed by atoms with Crippen LogP contribution in [0.25, 0.3) is 0 Å². The molecule has 2 aromatic rings. The van der Waals surface area contributed by atoms with Crippen LogP contribution in [-0.2, 0) is 17.9 Å². The van der Waals surface area contributed by atoms with Crippen molar-refractivity contribution in [3.05, 3.63) is 53.9 Å². The van der Waals surface area contributed by atoms with E-state index in [2.05, 4.69) is 43.7 Å². The molecule has 0 spiro atoms. The largest absolute Gasteiger partial charge is 1.00 e. The fourth-order valence-electron chi connectivity index (χ4n) is 4.44. The third-order valence-electron chi connectivity index (χ3n) is 6.43. The average Bonchev–Trinajstić information content (AvgIpc) is 2.82. The van der Waals surface area contributed by atoms with Crippen LogP contribution in [0.1, 0.15) is 103 Å². The van der Waals surface area contributed by atoms with E-state index in [0.717, 1.165) is 48.7 Å². The molecule has 0 unspecified atom stereocenters. The van der Waals surface area contributed by atoms with Crippen LogP contribution in [0.5, 0.6) is 5.75 Å². The highest BCUT2D eigenvalue weighted by Crippen LogP contribution is 2.26. The lowest BCUT2D eigenvalue weighted by atomic mass is 10.1. The van der Waals surface area contributed by atoms with Gasteiger partial charge in [0.15, 0.2) is 6.20 Å². The van der Waals surface area contributed by atoms with Crippen LogP contribution in [-0.4, -0.2) is 12.5 Å². The normalized spacial score (nSPS) is 10.6. The van der Waals surface area contributed by atoms with Crippen molar-refractivity contribution in [2.24, 2.45) is 0 Å². The standard InChI is InChI=1S/C30H47N2O2.HI/c1-5-7-8-9-10-11-12-13-14-17-23-34-29-19-20-30(26(3)24-29)32(27(4)33)25-28-18-15-16-22-31(28)21-6-2;/h15-16,18-20,22,24H,5-14,17,21,23,25H2,1-4H3;1H/q+1;/p-1. The summed E-state index contributed by atoms with van der Waals surface area (Å²) in [6.07, 6.45) is 16.4. The average molecular weight is 595 g/mol. The number of ether oxygens (including phenoxy) is 1. The minimum Gasteiger partial charge on any atom is -1.00 e. The van der Waals surface area contributed by atoms with E-state index in [0.29, 0.717) is 6.54 Å². The molecule has 1 aromatic carbocycles. The van der Waals surface area contributed by atoms with E-state index in [9.17, 15) is 4.79 Å². The van der Waals surface area contributed by atoms with E-state index >= 15 is 0 Å². The summed E-state index contributed by atoms with van der Waals surface area (Å²) < 4.78 is 8.25. The van der Waals surface area contributed by atoms with Gasteiger partial charge in [0.1, 0.15) is 18.8 Å². The predicted octanol–water partition coefficient (Wildman–Crippen LogP) is 4.55. The molecule has 0 fully saturated rings. The number of hydrogen-bond donors (Lipinski definition) is 0. The Bertz CT molecular complexity index is 856. The van der Waals surface area contributed by atoms with Crippen molar-refractivity contribution >= 4 is 11.6 Å². The molecule has 0 radical (unpaired) electrons. The minimum absolute atomic E-state index is 0. The molecule has 4 nitrogen and oxygen atoms in total. The van der Waals surface area contributed by atoms with Crippen molar-refractivity contribution in [1.29, 1.82) is 0 Å². The maximum atomic E-state index is 12.5. The van der Waals surface area contributed by atoms with Crippen LogP contribution in [0, 0.1) is 6.92 Å². The number of aromatic nitrogens is 1. The zero-order valence-corrected chi connectivity index (χ0v) is 24.7. The Labute approximate surface area is 231 Å². The molecule has 0 aliphatic rings. The summed E-state index contributed by atoms with van der Waals surface area (Å²) in [6.45, 7) is 10.4. The van der Waals surface area contributed by atoms with Gasteiger partial charge in [-0.1, -0.05) is 77.7 Å². The molecule has 1 aromatic heterocycles. The summed E-state index contributed by atoms with van der Waals surface area (Å²) in [5.41, 5.74) is 3.15. The lowest BCUT2D eigenvalue weighted by molar-refractivity contribution is -0.704. The van der Waals surface area contributed by atoms with Crippen LogP contribution < -0.4 is 38.2 Å². The van der Waals surface area contributed by atoms with E-state index < -0.39 is 0 Å². The van der Waals surface area contributed by atoms with Crippen LogP contribution in [0.15, 0.2) is 42.6 Å². The molecule has 0 aliphatic carbocycles. The third-order valence-corrected chi connectivity index (χ3v) is 6.43. The highest BCUT2D eigenvalue weighted by atomic mass is 127. The summed E-state index contributed by atoms with van der Waals surface area (Å²) in [7, 11) is 0. The van der Waals surface area contributed by atoms with Crippen LogP contribution in [0.2, 0.25) is 0 Å². The molecule has 2 rings (SSSR count). The monoisotopic (exact) mass is 594 g/mol. The smallest absolute Gasteiger partial charge is 0.224 e. The molecule has 0 N–H and O–H groups in total. The number of pyridine rings is 1. The fourth-order valence-corrected chi connectivity index (χ4v) is 4.44. The number of anilines is 1. The molecular formula is C30H47IN2O2. The van der Waals surface area contributed by atoms with Gasteiger partial charge in [0, 0.05) is 31.2 Å². The van der Waals surface area contributed by atoms with E-state index in [1.165, 1.54) is 57.8 Å². The third kappa shape index (κ3) is 11.8. The number of amides is 1. The topological polar surface area (TPSA) is 33.4 Å². The second kappa shape index (κ2) is 18.6. The van der Waals surface area contributed by atoms with Crippen LogP contribution in [0.3, 0.4) is 0 Å². The summed E-state index contributed by atoms with van der Waals surface area (Å²) in [5.74, 6) is 0.940. The van der Waals surface area contributed by atoms with Gasteiger partial charge in [0.05, 0.1) is 6.61 Å². The molecule has 0 saturated carbocycles. The molecule has 1 amide bonds. The van der Waals surface area contributed by atoms with Crippen molar-refractivity contribution in [3.8, 4) is 5.75 Å². The molecule has 0 saturated heterocycles. The molecule has 5 heteroatoms. The molecule has 0 bridgehead atoms. The van der Waals surface area contributed by atoms with Crippen LogP contribution in [0.4, 0.5) is 5.69 Å². The number of halogens is 1. The first-order chi connectivity index (χ1) is 16.6. The lowest BCUT2D eigenvalue weighted by Gasteiger charge is -2.23. The Kier molecular flexibility index (Phi) is 16.7. The Morgan fingerprint density at radius 1 is 0.886 bits per heavy atom. The maximum absolute atomic E-state index is 12.5. The number of carbonyl (C=O) groups is 1. The van der Waals surface area contributed by atoms with E-state index in [4.69, 9.17) is 4.74 Å². The van der Waals surface area contributed by atoms with Gasteiger partial charge < -0.3 is 33.6 Å². The van der Waals surface area contributed by atoms with Crippen molar-refractivity contribution in [3.63, 3.8) is 0 Å². The minimum atomic E-state index is 0. The van der Waals surface area contributed by atoms with Gasteiger partial charge in [-0.25, -0.2) is 4.57 Å². The molecule has 0 atom stereocenters. The van der Waals surface area contributed by atoms with Crippen LogP contribution >= 0.6 is 0 Å².